The fourth-order valence-electron chi connectivity index (χ4n) is 4.15. The molecule has 1 aliphatic rings. The summed E-state index contributed by atoms with van der Waals surface area (Å²) in [7, 11) is 2.30. The molecule has 2 aromatic heterocycles. The number of likely N-dealkylation sites (N-methyl/N-ethyl adjacent to an activating group) is 1. The van der Waals surface area contributed by atoms with Crippen LogP contribution in [0.2, 0.25) is 0 Å². The number of pyridine rings is 1. The second kappa shape index (κ2) is 6.38. The molecule has 3 heterocycles. The molecule has 1 fully saturated rings. The normalized spacial score (nSPS) is 22.6. The van der Waals surface area contributed by atoms with Crippen LogP contribution < -0.4 is 14.8 Å². The van der Waals surface area contributed by atoms with E-state index >= 15 is 0 Å². The Labute approximate surface area is 143 Å². The van der Waals surface area contributed by atoms with E-state index in [9.17, 15) is 0 Å². The highest BCUT2D eigenvalue weighted by molar-refractivity contribution is 5.85. The molecule has 1 saturated heterocycles. The number of hydrogen-bond acceptors (Lipinski definition) is 0. The van der Waals surface area contributed by atoms with Crippen molar-refractivity contribution in [2.24, 2.45) is 0 Å². The highest BCUT2D eigenvalue weighted by atomic mass is 15.3. The Morgan fingerprint density at radius 2 is 1.83 bits per heavy atom. The van der Waals surface area contributed by atoms with Crippen molar-refractivity contribution in [2.75, 3.05) is 33.2 Å². The summed E-state index contributed by atoms with van der Waals surface area (Å²) in [6.07, 6.45) is 4.16. The lowest BCUT2D eigenvalue weighted by molar-refractivity contribution is -1.02. The molecule has 1 unspecified atom stereocenters. The summed E-state index contributed by atoms with van der Waals surface area (Å²) in [5, 5.41) is 1.36. The van der Waals surface area contributed by atoms with E-state index in [0.29, 0.717) is 6.04 Å². The number of nitrogens with one attached hydrogen (secondary N) is 4. The Bertz CT molecular complexity index is 816. The summed E-state index contributed by atoms with van der Waals surface area (Å²) in [6.45, 7) is 7.12. The van der Waals surface area contributed by atoms with Crippen molar-refractivity contribution < 1.29 is 14.8 Å². The molecule has 3 aromatic rings. The van der Waals surface area contributed by atoms with Gasteiger partial charge in [-0.2, -0.15) is 0 Å². The first-order chi connectivity index (χ1) is 11.7. The third-order valence-corrected chi connectivity index (χ3v) is 5.45. The standard InChI is InChI=1S/C20H24N4/c1-15-19(17-7-3-4-8-18(17)22-15)20(16-6-5-9-21-14-16)24-12-10-23(2)11-13-24/h3-9,14,20,22H,10-13H2,1-2H3/p+3. The van der Waals surface area contributed by atoms with Crippen molar-refractivity contribution in [1.29, 1.82) is 0 Å². The lowest BCUT2D eigenvalue weighted by Crippen LogP contribution is -3.27. The SMILES string of the molecule is Cc1[nH]c2ccccc2c1C(c1ccc[nH+]c1)[NH+]1CC[NH+](C)CC1. The molecule has 0 saturated carbocycles. The number of piperazine rings is 1. The zero-order valence-corrected chi connectivity index (χ0v) is 14.5. The molecule has 1 aromatic carbocycles. The molecule has 0 aliphatic carbocycles. The predicted octanol–water partition coefficient (Wildman–Crippen LogP) is -0.207. The van der Waals surface area contributed by atoms with E-state index in [1.807, 2.05) is 6.20 Å². The largest absolute Gasteiger partial charge is 0.358 e. The number of para-hydroxylation sites is 1. The summed E-state index contributed by atoms with van der Waals surface area (Å²) >= 11 is 0. The van der Waals surface area contributed by atoms with E-state index in [-0.39, 0.29) is 0 Å². The highest BCUT2D eigenvalue weighted by Gasteiger charge is 2.34. The quantitative estimate of drug-likeness (QED) is 0.597. The molecule has 4 heteroatoms. The lowest BCUT2D eigenvalue weighted by atomic mass is 9.95. The number of aromatic nitrogens is 2. The van der Waals surface area contributed by atoms with Gasteiger partial charge in [0.15, 0.2) is 12.4 Å². The third-order valence-electron chi connectivity index (χ3n) is 5.45. The minimum Gasteiger partial charge on any atom is -0.358 e. The van der Waals surface area contributed by atoms with E-state index < -0.39 is 0 Å². The fraction of sp³-hybridized carbons (Fsp3) is 0.350. The van der Waals surface area contributed by atoms with Gasteiger partial charge in [-0.15, -0.1) is 0 Å². The molecule has 0 bridgehead atoms. The minimum atomic E-state index is 0.381. The molecule has 124 valence electrons. The van der Waals surface area contributed by atoms with Crippen LogP contribution in [0.1, 0.15) is 22.9 Å². The van der Waals surface area contributed by atoms with Gasteiger partial charge in [0.1, 0.15) is 32.2 Å². The van der Waals surface area contributed by atoms with E-state index in [4.69, 9.17) is 0 Å². The summed E-state index contributed by atoms with van der Waals surface area (Å²) < 4.78 is 0. The summed E-state index contributed by atoms with van der Waals surface area (Å²) in [6, 6.07) is 13.5. The van der Waals surface area contributed by atoms with E-state index in [2.05, 4.69) is 66.5 Å². The highest BCUT2D eigenvalue weighted by Crippen LogP contribution is 2.29. The zero-order valence-electron chi connectivity index (χ0n) is 14.5. The van der Waals surface area contributed by atoms with Gasteiger partial charge in [-0.3, -0.25) is 0 Å². The van der Waals surface area contributed by atoms with Gasteiger partial charge in [-0.1, -0.05) is 18.2 Å². The van der Waals surface area contributed by atoms with Crippen LogP contribution in [-0.4, -0.2) is 38.2 Å². The maximum Gasteiger partial charge on any atom is 0.176 e. The number of H-pyrrole nitrogens is 2. The maximum absolute atomic E-state index is 3.60. The average molecular weight is 323 g/mol. The Balaban J connectivity index is 1.84. The van der Waals surface area contributed by atoms with E-state index in [0.717, 1.165) is 0 Å². The number of hydrogen-bond donors (Lipinski definition) is 3. The number of fused-ring (bicyclic) bond motifs is 1. The smallest absolute Gasteiger partial charge is 0.176 e. The van der Waals surface area contributed by atoms with Crippen molar-refractivity contribution in [3.63, 3.8) is 0 Å². The van der Waals surface area contributed by atoms with Gasteiger partial charge in [0.25, 0.3) is 0 Å². The molecular formula is C20H27N4+3. The molecule has 4 nitrogen and oxygen atoms in total. The van der Waals surface area contributed by atoms with Crippen LogP contribution in [0.5, 0.6) is 0 Å². The van der Waals surface area contributed by atoms with Crippen LogP contribution in [0.4, 0.5) is 0 Å². The van der Waals surface area contributed by atoms with E-state index in [1.165, 1.54) is 53.9 Å². The van der Waals surface area contributed by atoms with Gasteiger partial charge >= 0.3 is 0 Å². The number of rotatable bonds is 3. The monoisotopic (exact) mass is 323 g/mol. The summed E-state index contributed by atoms with van der Waals surface area (Å²) in [4.78, 5) is 10.2. The Hall–Kier alpha value is -2.17. The summed E-state index contributed by atoms with van der Waals surface area (Å²) in [5.74, 6) is 0. The first-order valence-corrected chi connectivity index (χ1v) is 8.93. The molecule has 4 N–H and O–H groups in total. The van der Waals surface area contributed by atoms with Crippen molar-refractivity contribution >= 4 is 10.9 Å². The molecule has 0 amide bonds. The predicted molar refractivity (Wildman–Crippen MR) is 95.2 cm³/mol. The van der Waals surface area contributed by atoms with Crippen LogP contribution in [0.25, 0.3) is 10.9 Å². The van der Waals surface area contributed by atoms with Crippen molar-refractivity contribution in [2.45, 2.75) is 13.0 Å². The third kappa shape index (κ3) is 2.72. The number of aryl methyl sites for hydroxylation is 1. The van der Waals surface area contributed by atoms with E-state index in [1.54, 1.807) is 9.80 Å². The second-order valence-electron chi connectivity index (χ2n) is 7.09. The number of aromatic amines is 2. The van der Waals surface area contributed by atoms with Crippen LogP contribution >= 0.6 is 0 Å². The molecule has 24 heavy (non-hydrogen) atoms. The van der Waals surface area contributed by atoms with Gasteiger partial charge in [-0.25, -0.2) is 4.98 Å². The topological polar surface area (TPSA) is 38.8 Å². The molecule has 1 aliphatic heterocycles. The molecular weight excluding hydrogens is 296 g/mol. The Kier molecular flexibility index (Phi) is 4.08. The van der Waals surface area contributed by atoms with Crippen LogP contribution in [0.3, 0.4) is 0 Å². The van der Waals surface area contributed by atoms with Crippen molar-refractivity contribution in [3.05, 3.63) is 65.6 Å². The molecule has 4 rings (SSSR count). The Morgan fingerprint density at radius 1 is 1.04 bits per heavy atom. The first-order valence-electron chi connectivity index (χ1n) is 8.93. The Morgan fingerprint density at radius 3 is 2.58 bits per heavy atom. The second-order valence-corrected chi connectivity index (χ2v) is 7.09. The van der Waals surface area contributed by atoms with Crippen molar-refractivity contribution in [3.8, 4) is 0 Å². The van der Waals surface area contributed by atoms with Gasteiger partial charge in [0.05, 0.1) is 12.6 Å². The number of benzene rings is 1. The van der Waals surface area contributed by atoms with Gasteiger partial charge in [0, 0.05) is 28.2 Å². The minimum absolute atomic E-state index is 0.381. The molecule has 1 atom stereocenters. The fourth-order valence-corrected chi connectivity index (χ4v) is 4.15. The van der Waals surface area contributed by atoms with Crippen LogP contribution in [-0.2, 0) is 0 Å². The molecule has 0 radical (unpaired) electrons. The number of quaternary nitrogens is 2. The summed E-state index contributed by atoms with van der Waals surface area (Å²) in [5.41, 5.74) is 5.37. The lowest BCUT2D eigenvalue weighted by Gasteiger charge is -2.33. The average Bonchev–Trinajstić information content (AvgIpc) is 2.94. The van der Waals surface area contributed by atoms with Crippen LogP contribution in [0.15, 0.2) is 48.8 Å². The van der Waals surface area contributed by atoms with Gasteiger partial charge < -0.3 is 14.8 Å². The molecule has 0 spiro atoms. The van der Waals surface area contributed by atoms with Gasteiger partial charge in [-0.05, 0) is 19.1 Å². The maximum atomic E-state index is 3.60. The van der Waals surface area contributed by atoms with Crippen LogP contribution in [0, 0.1) is 6.92 Å². The van der Waals surface area contributed by atoms with Crippen molar-refractivity contribution in [1.82, 2.24) is 4.98 Å². The zero-order chi connectivity index (χ0) is 16.5. The first kappa shape index (κ1) is 15.4. The van der Waals surface area contributed by atoms with Gasteiger partial charge in [0.2, 0.25) is 0 Å².